The van der Waals surface area contributed by atoms with Crippen molar-refractivity contribution in [1.29, 1.82) is 0 Å². The van der Waals surface area contributed by atoms with Crippen molar-refractivity contribution in [3.05, 3.63) is 41.2 Å². The number of aromatic nitrogens is 2. The minimum absolute atomic E-state index is 0. The maximum atomic E-state index is 5.97. The van der Waals surface area contributed by atoms with Gasteiger partial charge in [-0.3, -0.25) is 9.67 Å². The zero-order valence-electron chi connectivity index (χ0n) is 17.4. The molecular formula is C20H30IN5O3. The van der Waals surface area contributed by atoms with Gasteiger partial charge in [-0.15, -0.1) is 24.0 Å². The summed E-state index contributed by atoms with van der Waals surface area (Å²) in [4.78, 5) is 4.30. The van der Waals surface area contributed by atoms with Crippen LogP contribution >= 0.6 is 24.0 Å². The van der Waals surface area contributed by atoms with Crippen LogP contribution in [0.4, 0.5) is 0 Å². The minimum atomic E-state index is -0.0753. The Morgan fingerprint density at radius 3 is 2.76 bits per heavy atom. The number of guanidine groups is 1. The molecule has 3 rings (SSSR count). The first-order valence-corrected chi connectivity index (χ1v) is 9.47. The largest absolute Gasteiger partial charge is 0.486 e. The Morgan fingerprint density at radius 1 is 1.28 bits per heavy atom. The van der Waals surface area contributed by atoms with E-state index in [1.54, 1.807) is 14.2 Å². The summed E-state index contributed by atoms with van der Waals surface area (Å²) in [5, 5.41) is 11.3. The highest BCUT2D eigenvalue weighted by atomic mass is 127. The summed E-state index contributed by atoms with van der Waals surface area (Å²) >= 11 is 0. The Bertz CT molecular complexity index is 824. The molecule has 0 aliphatic carbocycles. The predicted molar refractivity (Wildman–Crippen MR) is 124 cm³/mol. The van der Waals surface area contributed by atoms with E-state index in [9.17, 15) is 0 Å². The van der Waals surface area contributed by atoms with Gasteiger partial charge >= 0.3 is 0 Å². The molecule has 1 unspecified atom stereocenters. The lowest BCUT2D eigenvalue weighted by Gasteiger charge is -2.27. The number of hydrogen-bond acceptors (Lipinski definition) is 5. The number of para-hydroxylation sites is 2. The molecule has 0 saturated heterocycles. The molecule has 8 nitrogen and oxygen atoms in total. The van der Waals surface area contributed by atoms with E-state index in [1.165, 1.54) is 5.56 Å². The first kappa shape index (κ1) is 23.3. The fourth-order valence-corrected chi connectivity index (χ4v) is 3.15. The molecule has 0 fully saturated rings. The number of fused-ring (bicyclic) bond motifs is 1. The minimum Gasteiger partial charge on any atom is -0.486 e. The van der Waals surface area contributed by atoms with E-state index in [2.05, 4.69) is 27.6 Å². The molecule has 0 radical (unpaired) electrons. The number of nitrogens with zero attached hydrogens (tertiary/aromatic N) is 3. The maximum absolute atomic E-state index is 5.97. The number of aliphatic imine (C=N–C) groups is 1. The summed E-state index contributed by atoms with van der Waals surface area (Å²) in [7, 11) is 3.45. The molecule has 160 valence electrons. The summed E-state index contributed by atoms with van der Waals surface area (Å²) in [6.45, 7) is 7.24. The molecule has 1 atom stereocenters. The highest BCUT2D eigenvalue weighted by Gasteiger charge is 2.20. The van der Waals surface area contributed by atoms with Crippen molar-refractivity contribution in [2.24, 2.45) is 4.99 Å². The van der Waals surface area contributed by atoms with Crippen LogP contribution in [-0.2, 0) is 17.8 Å². The molecule has 0 bridgehead atoms. The predicted octanol–water partition coefficient (Wildman–Crippen LogP) is 2.27. The Balaban J connectivity index is 0.00000300. The summed E-state index contributed by atoms with van der Waals surface area (Å²) in [6, 6.07) is 7.71. The third-order valence-corrected chi connectivity index (χ3v) is 4.76. The van der Waals surface area contributed by atoms with Crippen molar-refractivity contribution in [2.75, 3.05) is 33.9 Å². The molecule has 29 heavy (non-hydrogen) atoms. The molecule has 0 saturated carbocycles. The molecule has 2 heterocycles. The van der Waals surface area contributed by atoms with Gasteiger partial charge in [0.25, 0.3) is 0 Å². The molecular weight excluding hydrogens is 485 g/mol. The molecule has 1 aliphatic rings. The number of halogens is 1. The number of aryl methyl sites for hydroxylation is 1. The van der Waals surface area contributed by atoms with Crippen molar-refractivity contribution in [3.63, 3.8) is 0 Å². The number of ether oxygens (including phenoxy) is 3. The van der Waals surface area contributed by atoms with Gasteiger partial charge in [0.2, 0.25) is 0 Å². The highest BCUT2D eigenvalue weighted by Crippen LogP contribution is 2.30. The van der Waals surface area contributed by atoms with E-state index in [4.69, 9.17) is 14.2 Å². The van der Waals surface area contributed by atoms with Crippen LogP contribution in [0.2, 0.25) is 0 Å². The molecule has 0 spiro atoms. The summed E-state index contributed by atoms with van der Waals surface area (Å²) in [5.74, 6) is 2.28. The molecule has 1 aliphatic heterocycles. The van der Waals surface area contributed by atoms with Crippen LogP contribution in [0.25, 0.3) is 0 Å². The van der Waals surface area contributed by atoms with Gasteiger partial charge in [0.05, 0.1) is 25.4 Å². The van der Waals surface area contributed by atoms with E-state index in [0.717, 1.165) is 29.4 Å². The maximum Gasteiger partial charge on any atom is 0.191 e. The van der Waals surface area contributed by atoms with Crippen LogP contribution in [0.15, 0.2) is 29.3 Å². The Labute approximate surface area is 189 Å². The molecule has 0 amide bonds. The summed E-state index contributed by atoms with van der Waals surface area (Å²) in [6.07, 6.45) is -0.0753. The van der Waals surface area contributed by atoms with Gasteiger partial charge in [0.1, 0.15) is 12.7 Å². The fourth-order valence-electron chi connectivity index (χ4n) is 3.15. The van der Waals surface area contributed by atoms with E-state index in [-0.39, 0.29) is 30.1 Å². The van der Waals surface area contributed by atoms with Gasteiger partial charge in [-0.25, -0.2) is 0 Å². The second kappa shape index (κ2) is 11.2. The van der Waals surface area contributed by atoms with Crippen LogP contribution in [-0.4, -0.2) is 55.8 Å². The number of hydrogen-bond donors (Lipinski definition) is 2. The van der Waals surface area contributed by atoms with Gasteiger partial charge in [-0.05, 0) is 26.0 Å². The smallest absolute Gasteiger partial charge is 0.191 e. The van der Waals surface area contributed by atoms with Crippen molar-refractivity contribution in [3.8, 4) is 11.5 Å². The number of benzene rings is 1. The third-order valence-electron chi connectivity index (χ3n) is 4.76. The van der Waals surface area contributed by atoms with Crippen molar-refractivity contribution in [2.45, 2.75) is 33.0 Å². The van der Waals surface area contributed by atoms with Crippen molar-refractivity contribution in [1.82, 2.24) is 20.4 Å². The average molecular weight is 515 g/mol. The van der Waals surface area contributed by atoms with E-state index in [1.807, 2.05) is 35.9 Å². The number of methoxy groups -OCH3 is 1. The molecule has 2 aromatic rings. The Morgan fingerprint density at radius 2 is 2.03 bits per heavy atom. The van der Waals surface area contributed by atoms with Gasteiger partial charge in [0.15, 0.2) is 17.5 Å². The van der Waals surface area contributed by atoms with E-state index in [0.29, 0.717) is 32.3 Å². The van der Waals surface area contributed by atoms with Gasteiger partial charge < -0.3 is 24.8 Å². The Kier molecular flexibility index (Phi) is 9.02. The Hall–Kier alpha value is -2.01. The quantitative estimate of drug-likeness (QED) is 0.335. The molecule has 1 aromatic heterocycles. The number of nitrogens with one attached hydrogen (secondary N) is 2. The topological polar surface area (TPSA) is 81.9 Å². The monoisotopic (exact) mass is 515 g/mol. The normalized spacial score (nSPS) is 15.6. The van der Waals surface area contributed by atoms with E-state index >= 15 is 0 Å². The van der Waals surface area contributed by atoms with Crippen molar-refractivity contribution < 1.29 is 14.2 Å². The van der Waals surface area contributed by atoms with Crippen molar-refractivity contribution >= 4 is 29.9 Å². The SMILES string of the molecule is CN=C(NCc1c(C)nn(CCOC)c1C)NCC1COc2ccccc2O1.I. The third kappa shape index (κ3) is 5.99. The fraction of sp³-hybridized carbons (Fsp3) is 0.500. The highest BCUT2D eigenvalue weighted by molar-refractivity contribution is 14.0. The number of rotatable bonds is 7. The van der Waals surface area contributed by atoms with E-state index < -0.39 is 0 Å². The zero-order chi connectivity index (χ0) is 19.9. The lowest BCUT2D eigenvalue weighted by molar-refractivity contribution is 0.0936. The first-order chi connectivity index (χ1) is 13.6. The first-order valence-electron chi connectivity index (χ1n) is 9.47. The average Bonchev–Trinajstić information content (AvgIpc) is 2.99. The van der Waals surface area contributed by atoms with Gasteiger partial charge in [-0.1, -0.05) is 12.1 Å². The molecule has 9 heteroatoms. The molecule has 2 N–H and O–H groups in total. The van der Waals surface area contributed by atoms with Gasteiger partial charge in [0, 0.05) is 32.0 Å². The standard InChI is InChI=1S/C20H29N5O3.HI/c1-14-17(15(2)25(24-14)9-10-26-4)12-23-20(21-3)22-11-16-13-27-18-7-5-6-8-19(18)28-16;/h5-8,16H,9-13H2,1-4H3,(H2,21,22,23);1H. The lowest BCUT2D eigenvalue weighted by Crippen LogP contribution is -2.45. The second-order valence-corrected chi connectivity index (χ2v) is 6.67. The van der Waals surface area contributed by atoms with Crippen LogP contribution in [0.5, 0.6) is 11.5 Å². The summed E-state index contributed by atoms with van der Waals surface area (Å²) < 4.78 is 18.9. The van der Waals surface area contributed by atoms with Crippen LogP contribution < -0.4 is 20.1 Å². The lowest BCUT2D eigenvalue weighted by atomic mass is 10.2. The van der Waals surface area contributed by atoms with Gasteiger partial charge in [-0.2, -0.15) is 5.10 Å². The summed E-state index contributed by atoms with van der Waals surface area (Å²) in [5.41, 5.74) is 3.32. The van der Waals surface area contributed by atoms with Crippen LogP contribution in [0, 0.1) is 13.8 Å². The second-order valence-electron chi connectivity index (χ2n) is 6.67. The molecule has 1 aromatic carbocycles. The zero-order valence-corrected chi connectivity index (χ0v) is 19.7. The van der Waals surface area contributed by atoms with Crippen LogP contribution in [0.3, 0.4) is 0 Å². The van der Waals surface area contributed by atoms with Crippen LogP contribution in [0.1, 0.15) is 17.0 Å².